The van der Waals surface area contributed by atoms with E-state index in [2.05, 4.69) is 4.98 Å². The molecule has 0 aliphatic carbocycles. The number of pyridine rings is 1. The van der Waals surface area contributed by atoms with Crippen LogP contribution in [-0.2, 0) is 0 Å². The molecule has 1 aromatic heterocycles. The van der Waals surface area contributed by atoms with Crippen molar-refractivity contribution >= 4 is 11.4 Å². The molecule has 1 aliphatic heterocycles. The van der Waals surface area contributed by atoms with Crippen LogP contribution in [0.3, 0.4) is 0 Å². The fourth-order valence-electron chi connectivity index (χ4n) is 2.87. The third kappa shape index (κ3) is 2.56. The molecule has 3 rings (SSSR count). The monoisotopic (exact) mass is 287 g/mol. The van der Waals surface area contributed by atoms with E-state index < -0.39 is 10.7 Å². The fraction of sp³-hybridized carbons (Fsp3) is 0.267. The topological polar surface area (TPSA) is 59.3 Å². The Bertz CT molecular complexity index is 663. The second-order valence-corrected chi connectivity index (χ2v) is 5.02. The summed E-state index contributed by atoms with van der Waals surface area (Å²) in [6.07, 6.45) is 5.29. The summed E-state index contributed by atoms with van der Waals surface area (Å²) < 4.78 is 13.3. The van der Waals surface area contributed by atoms with Gasteiger partial charge < -0.3 is 4.90 Å². The Labute approximate surface area is 121 Å². The lowest BCUT2D eigenvalue weighted by Gasteiger charge is -2.26. The zero-order valence-electron chi connectivity index (χ0n) is 11.3. The lowest BCUT2D eigenvalue weighted by Crippen LogP contribution is -2.23. The molecule has 0 spiro atoms. The van der Waals surface area contributed by atoms with Crippen molar-refractivity contribution in [1.29, 1.82) is 0 Å². The quantitative estimate of drug-likeness (QED) is 0.640. The first-order chi connectivity index (χ1) is 10.2. The van der Waals surface area contributed by atoms with E-state index >= 15 is 0 Å². The van der Waals surface area contributed by atoms with Gasteiger partial charge in [-0.3, -0.25) is 15.1 Å². The number of nitrogens with zero attached hydrogens (tertiary/aromatic N) is 3. The Morgan fingerprint density at radius 3 is 2.76 bits per heavy atom. The molecule has 0 saturated carbocycles. The average molecular weight is 287 g/mol. The number of aromatic nitrogens is 1. The molecule has 5 nitrogen and oxygen atoms in total. The highest BCUT2D eigenvalue weighted by Crippen LogP contribution is 2.40. The Morgan fingerprint density at radius 2 is 2.05 bits per heavy atom. The molecule has 1 aliphatic rings. The van der Waals surface area contributed by atoms with Crippen molar-refractivity contribution in [3.8, 4) is 0 Å². The van der Waals surface area contributed by atoms with E-state index in [1.165, 1.54) is 12.1 Å². The lowest BCUT2D eigenvalue weighted by molar-refractivity contribution is -0.384. The van der Waals surface area contributed by atoms with Gasteiger partial charge >= 0.3 is 0 Å². The van der Waals surface area contributed by atoms with Crippen LogP contribution in [0.1, 0.15) is 24.4 Å². The molecule has 1 unspecified atom stereocenters. The molecule has 21 heavy (non-hydrogen) atoms. The van der Waals surface area contributed by atoms with E-state index in [0.717, 1.165) is 31.0 Å². The van der Waals surface area contributed by atoms with Crippen LogP contribution in [0.2, 0.25) is 0 Å². The number of nitro groups is 1. The minimum Gasteiger partial charge on any atom is -0.359 e. The van der Waals surface area contributed by atoms with Crippen LogP contribution in [0.4, 0.5) is 15.8 Å². The van der Waals surface area contributed by atoms with E-state index in [1.54, 1.807) is 12.4 Å². The summed E-state index contributed by atoms with van der Waals surface area (Å²) in [4.78, 5) is 16.6. The first-order valence-electron chi connectivity index (χ1n) is 6.77. The van der Waals surface area contributed by atoms with E-state index in [0.29, 0.717) is 5.69 Å². The lowest BCUT2D eigenvalue weighted by atomic mass is 10.1. The summed E-state index contributed by atoms with van der Waals surface area (Å²) in [6, 6.07) is 7.64. The van der Waals surface area contributed by atoms with Crippen LogP contribution in [-0.4, -0.2) is 16.5 Å². The first-order valence-corrected chi connectivity index (χ1v) is 6.77. The van der Waals surface area contributed by atoms with Crippen LogP contribution in [0, 0.1) is 15.9 Å². The maximum Gasteiger partial charge on any atom is 0.295 e. The smallest absolute Gasteiger partial charge is 0.295 e. The van der Waals surface area contributed by atoms with Crippen LogP contribution in [0.15, 0.2) is 42.7 Å². The highest BCUT2D eigenvalue weighted by atomic mass is 19.1. The molecule has 1 fully saturated rings. The zero-order valence-corrected chi connectivity index (χ0v) is 11.3. The number of hydrogen-bond acceptors (Lipinski definition) is 4. The molecule has 2 aromatic rings. The minimum atomic E-state index is -0.592. The Hall–Kier alpha value is -2.50. The van der Waals surface area contributed by atoms with Gasteiger partial charge in [-0.05, 0) is 42.7 Å². The molecule has 0 amide bonds. The van der Waals surface area contributed by atoms with Gasteiger partial charge in [-0.2, -0.15) is 0 Å². The van der Waals surface area contributed by atoms with Gasteiger partial charge in [0.05, 0.1) is 17.0 Å². The minimum absolute atomic E-state index is 0.0668. The largest absolute Gasteiger partial charge is 0.359 e. The molecule has 1 aromatic carbocycles. The number of nitro benzene ring substituents is 1. The molecular formula is C15H14FN3O2. The number of rotatable bonds is 3. The van der Waals surface area contributed by atoms with Gasteiger partial charge in [-0.1, -0.05) is 0 Å². The Kier molecular flexibility index (Phi) is 3.51. The standard InChI is InChI=1S/C15H14FN3O2/c16-12-3-4-14(15(10-12)19(20)21)18-9-1-2-13(18)11-5-7-17-8-6-11/h3-8,10,13H,1-2,9H2. The third-order valence-electron chi connectivity index (χ3n) is 3.79. The molecular weight excluding hydrogens is 273 g/mol. The van der Waals surface area contributed by atoms with Crippen molar-refractivity contribution < 1.29 is 9.31 Å². The van der Waals surface area contributed by atoms with Gasteiger partial charge in [-0.25, -0.2) is 4.39 Å². The fourth-order valence-corrected chi connectivity index (χ4v) is 2.87. The summed E-state index contributed by atoms with van der Waals surface area (Å²) in [6.45, 7) is 0.722. The van der Waals surface area contributed by atoms with E-state index in [-0.39, 0.29) is 11.7 Å². The number of hydrogen-bond donors (Lipinski definition) is 0. The van der Waals surface area contributed by atoms with Crippen LogP contribution in [0.25, 0.3) is 0 Å². The molecule has 1 saturated heterocycles. The molecule has 2 heterocycles. The number of halogens is 1. The van der Waals surface area contributed by atoms with Crippen molar-refractivity contribution in [2.45, 2.75) is 18.9 Å². The highest BCUT2D eigenvalue weighted by molar-refractivity contribution is 5.65. The van der Waals surface area contributed by atoms with Crippen LogP contribution < -0.4 is 4.90 Å². The van der Waals surface area contributed by atoms with Crippen molar-refractivity contribution in [2.24, 2.45) is 0 Å². The van der Waals surface area contributed by atoms with E-state index in [1.807, 2.05) is 17.0 Å². The number of benzene rings is 1. The third-order valence-corrected chi connectivity index (χ3v) is 3.79. The second kappa shape index (κ2) is 5.47. The number of anilines is 1. The van der Waals surface area contributed by atoms with E-state index in [4.69, 9.17) is 0 Å². The summed E-state index contributed by atoms with van der Waals surface area (Å²) in [5, 5.41) is 11.2. The normalized spacial score (nSPS) is 18.0. The summed E-state index contributed by atoms with van der Waals surface area (Å²) in [5.74, 6) is -0.592. The highest BCUT2D eigenvalue weighted by Gasteiger charge is 2.30. The van der Waals surface area contributed by atoms with Gasteiger partial charge in [0.2, 0.25) is 0 Å². The maximum absolute atomic E-state index is 13.3. The van der Waals surface area contributed by atoms with Crippen LogP contribution >= 0.6 is 0 Å². The van der Waals surface area contributed by atoms with Crippen molar-refractivity contribution in [1.82, 2.24) is 4.98 Å². The van der Waals surface area contributed by atoms with E-state index in [9.17, 15) is 14.5 Å². The Balaban J connectivity index is 2.01. The van der Waals surface area contributed by atoms with Crippen molar-refractivity contribution in [3.63, 3.8) is 0 Å². The SMILES string of the molecule is O=[N+]([O-])c1cc(F)ccc1N1CCCC1c1ccncc1. The van der Waals surface area contributed by atoms with Gasteiger partial charge in [0, 0.05) is 18.9 Å². The predicted octanol–water partition coefficient (Wildman–Crippen LogP) is 3.47. The van der Waals surface area contributed by atoms with Crippen LogP contribution in [0.5, 0.6) is 0 Å². The zero-order chi connectivity index (χ0) is 14.8. The van der Waals surface area contributed by atoms with Crippen molar-refractivity contribution in [2.75, 3.05) is 11.4 Å². The summed E-state index contributed by atoms with van der Waals surface area (Å²) >= 11 is 0. The molecule has 0 bridgehead atoms. The van der Waals surface area contributed by atoms with Crippen molar-refractivity contribution in [3.05, 3.63) is 64.2 Å². The summed E-state index contributed by atoms with van der Waals surface area (Å²) in [5.41, 5.74) is 1.36. The maximum atomic E-state index is 13.3. The molecule has 0 N–H and O–H groups in total. The molecule has 0 radical (unpaired) electrons. The first kappa shape index (κ1) is 13.5. The molecule has 108 valence electrons. The summed E-state index contributed by atoms with van der Waals surface area (Å²) in [7, 11) is 0. The van der Waals surface area contributed by atoms with Gasteiger partial charge in [0.1, 0.15) is 11.5 Å². The van der Waals surface area contributed by atoms with Gasteiger partial charge in [0.15, 0.2) is 0 Å². The molecule has 1 atom stereocenters. The predicted molar refractivity (Wildman–Crippen MR) is 76.6 cm³/mol. The second-order valence-electron chi connectivity index (χ2n) is 5.02. The Morgan fingerprint density at radius 1 is 1.29 bits per heavy atom. The van der Waals surface area contributed by atoms with Gasteiger partial charge in [-0.15, -0.1) is 0 Å². The van der Waals surface area contributed by atoms with Gasteiger partial charge in [0.25, 0.3) is 5.69 Å². The average Bonchev–Trinajstić information content (AvgIpc) is 2.97. The molecule has 6 heteroatoms.